The van der Waals surface area contributed by atoms with Crippen molar-refractivity contribution in [1.82, 2.24) is 24.1 Å². The van der Waals surface area contributed by atoms with Gasteiger partial charge in [-0.1, -0.05) is 0 Å². The van der Waals surface area contributed by atoms with Crippen LogP contribution in [0.25, 0.3) is 16.9 Å². The molecule has 0 spiro atoms. The maximum Gasteiger partial charge on any atom is 0.417 e. The van der Waals surface area contributed by atoms with E-state index in [2.05, 4.69) is 15.1 Å². The van der Waals surface area contributed by atoms with Crippen molar-refractivity contribution in [2.75, 3.05) is 11.4 Å². The summed E-state index contributed by atoms with van der Waals surface area (Å²) in [5, 5.41) is 4.18. The van der Waals surface area contributed by atoms with Gasteiger partial charge in [0.2, 0.25) is 0 Å². The first kappa shape index (κ1) is 22.1. The molecule has 0 saturated heterocycles. The van der Waals surface area contributed by atoms with Gasteiger partial charge in [-0.05, 0) is 49.2 Å². The molecule has 1 aliphatic rings. The monoisotopic (exact) mass is 472 g/mol. The molecule has 0 radical (unpaired) electrons. The number of benzene rings is 1. The highest BCUT2D eigenvalue weighted by Gasteiger charge is 2.34. The Morgan fingerprint density at radius 2 is 1.88 bits per heavy atom. The van der Waals surface area contributed by atoms with Crippen LogP contribution in [0.2, 0.25) is 0 Å². The van der Waals surface area contributed by atoms with Gasteiger partial charge in [-0.25, -0.2) is 18.3 Å². The van der Waals surface area contributed by atoms with E-state index in [-0.39, 0.29) is 22.6 Å². The van der Waals surface area contributed by atoms with Crippen LogP contribution in [-0.4, -0.2) is 30.7 Å². The van der Waals surface area contributed by atoms with E-state index in [1.165, 1.54) is 15.3 Å². The summed E-state index contributed by atoms with van der Waals surface area (Å²) in [6, 6.07) is 4.06. The highest BCUT2D eigenvalue weighted by atomic mass is 19.4. The first-order valence-corrected chi connectivity index (χ1v) is 10.6. The zero-order valence-corrected chi connectivity index (χ0v) is 18.6. The molecule has 4 heterocycles. The molecular weight excluding hydrogens is 452 g/mol. The standard InChI is InChI=1S/C23H20F4N6O/c1-12-13(2)33-21(30-31(3)22(33)34)29-20(12)32-7-6-19-15(11-32)8-14(10-28-19)17-9-16(24)4-5-18(17)23(25,26)27/h4-5,8-10H,6-7,11H2,1-3H3. The lowest BCUT2D eigenvalue weighted by molar-refractivity contribution is -0.137. The number of nitrogens with zero attached hydrogens (tertiary/aromatic N) is 6. The summed E-state index contributed by atoms with van der Waals surface area (Å²) in [5.74, 6) is 0.169. The van der Waals surface area contributed by atoms with Crippen LogP contribution in [0, 0.1) is 19.7 Å². The minimum absolute atomic E-state index is 0.194. The number of hydrogen-bond donors (Lipinski definition) is 0. The van der Waals surface area contributed by atoms with Crippen molar-refractivity contribution >= 4 is 11.6 Å². The van der Waals surface area contributed by atoms with E-state index in [4.69, 9.17) is 0 Å². The average Bonchev–Trinajstić information content (AvgIpc) is 3.08. The molecule has 1 aromatic carbocycles. The molecule has 176 valence electrons. The minimum Gasteiger partial charge on any atom is -0.351 e. The van der Waals surface area contributed by atoms with E-state index < -0.39 is 17.6 Å². The number of hydrogen-bond acceptors (Lipinski definition) is 5. The molecule has 0 bridgehead atoms. The maximum atomic E-state index is 13.8. The molecule has 0 fully saturated rings. The summed E-state index contributed by atoms with van der Waals surface area (Å²) < 4.78 is 57.1. The molecule has 4 aromatic rings. The van der Waals surface area contributed by atoms with E-state index >= 15 is 0 Å². The number of alkyl halides is 3. The quantitative estimate of drug-likeness (QED) is 0.415. The third-order valence-electron chi connectivity index (χ3n) is 6.26. The average molecular weight is 472 g/mol. The van der Waals surface area contributed by atoms with E-state index in [0.717, 1.165) is 35.0 Å². The van der Waals surface area contributed by atoms with Crippen molar-refractivity contribution in [3.63, 3.8) is 0 Å². The number of halogens is 4. The van der Waals surface area contributed by atoms with Gasteiger partial charge < -0.3 is 4.90 Å². The van der Waals surface area contributed by atoms with Crippen molar-refractivity contribution in [2.45, 2.75) is 33.0 Å². The number of rotatable bonds is 2. The predicted molar refractivity (Wildman–Crippen MR) is 117 cm³/mol. The lowest BCUT2D eigenvalue weighted by Gasteiger charge is -2.31. The van der Waals surface area contributed by atoms with Gasteiger partial charge in [0.1, 0.15) is 11.6 Å². The molecule has 0 saturated carbocycles. The molecule has 3 aromatic heterocycles. The largest absolute Gasteiger partial charge is 0.417 e. The Morgan fingerprint density at radius 3 is 2.62 bits per heavy atom. The summed E-state index contributed by atoms with van der Waals surface area (Å²) in [6.45, 7) is 4.63. The first-order chi connectivity index (χ1) is 16.0. The van der Waals surface area contributed by atoms with Crippen LogP contribution < -0.4 is 10.6 Å². The van der Waals surface area contributed by atoms with Crippen LogP contribution in [0.1, 0.15) is 28.1 Å². The topological polar surface area (TPSA) is 68.3 Å². The Balaban J connectivity index is 1.57. The van der Waals surface area contributed by atoms with Crippen LogP contribution in [0.5, 0.6) is 0 Å². The SMILES string of the molecule is Cc1c(N2CCc3ncc(-c4cc(F)ccc4C(F)(F)F)cc3C2)nc2nn(C)c(=O)n2c1C. The maximum absolute atomic E-state index is 13.8. The van der Waals surface area contributed by atoms with Crippen molar-refractivity contribution in [3.8, 4) is 11.1 Å². The fourth-order valence-electron chi connectivity index (χ4n) is 4.39. The molecule has 0 amide bonds. The highest BCUT2D eigenvalue weighted by molar-refractivity contribution is 5.69. The number of pyridine rings is 1. The zero-order chi connectivity index (χ0) is 24.4. The third kappa shape index (κ3) is 3.51. The van der Waals surface area contributed by atoms with Gasteiger partial charge in [0.05, 0.1) is 5.56 Å². The summed E-state index contributed by atoms with van der Waals surface area (Å²) in [6.07, 6.45) is -2.70. The van der Waals surface area contributed by atoms with Crippen LogP contribution >= 0.6 is 0 Å². The van der Waals surface area contributed by atoms with Gasteiger partial charge in [0.15, 0.2) is 0 Å². The zero-order valence-electron chi connectivity index (χ0n) is 18.6. The van der Waals surface area contributed by atoms with Gasteiger partial charge in [0.25, 0.3) is 5.78 Å². The molecule has 1 aliphatic heterocycles. The molecule has 11 heteroatoms. The third-order valence-corrected chi connectivity index (χ3v) is 6.26. The van der Waals surface area contributed by atoms with E-state index in [1.807, 2.05) is 18.7 Å². The minimum atomic E-state index is -4.63. The van der Waals surface area contributed by atoms with Crippen LogP contribution in [0.15, 0.2) is 35.3 Å². The van der Waals surface area contributed by atoms with Crippen LogP contribution in [0.3, 0.4) is 0 Å². The Bertz CT molecular complexity index is 1500. The Labute approximate surface area is 191 Å². The van der Waals surface area contributed by atoms with Gasteiger partial charge in [0, 0.05) is 55.3 Å². The first-order valence-electron chi connectivity index (χ1n) is 10.6. The van der Waals surface area contributed by atoms with E-state index in [0.29, 0.717) is 31.0 Å². The second kappa shape index (κ2) is 7.64. The smallest absolute Gasteiger partial charge is 0.351 e. The van der Waals surface area contributed by atoms with Crippen LogP contribution in [-0.2, 0) is 26.2 Å². The normalized spacial score (nSPS) is 14.0. The molecule has 0 unspecified atom stereocenters. The Morgan fingerprint density at radius 1 is 1.12 bits per heavy atom. The molecule has 0 atom stereocenters. The molecule has 0 N–H and O–H groups in total. The second-order valence-electron chi connectivity index (χ2n) is 8.38. The predicted octanol–water partition coefficient (Wildman–Crippen LogP) is 3.83. The summed E-state index contributed by atoms with van der Waals surface area (Å²) in [7, 11) is 1.55. The lowest BCUT2D eigenvalue weighted by atomic mass is 9.96. The summed E-state index contributed by atoms with van der Waals surface area (Å²) in [5.41, 5.74) is 1.77. The molecule has 34 heavy (non-hydrogen) atoms. The van der Waals surface area contributed by atoms with Gasteiger partial charge in [-0.3, -0.25) is 4.98 Å². The van der Waals surface area contributed by atoms with E-state index in [9.17, 15) is 22.4 Å². The number of fused-ring (bicyclic) bond motifs is 2. The van der Waals surface area contributed by atoms with Crippen molar-refractivity contribution in [3.05, 3.63) is 74.8 Å². The summed E-state index contributed by atoms with van der Waals surface area (Å²) >= 11 is 0. The second-order valence-corrected chi connectivity index (χ2v) is 8.38. The van der Waals surface area contributed by atoms with Crippen molar-refractivity contribution < 1.29 is 17.6 Å². The molecule has 0 aliphatic carbocycles. The number of aryl methyl sites for hydroxylation is 2. The molecule has 7 nitrogen and oxygen atoms in total. The van der Waals surface area contributed by atoms with E-state index in [1.54, 1.807) is 13.1 Å². The highest BCUT2D eigenvalue weighted by Crippen LogP contribution is 2.38. The summed E-state index contributed by atoms with van der Waals surface area (Å²) in [4.78, 5) is 23.3. The fraction of sp³-hybridized carbons (Fsp3) is 0.304. The van der Waals surface area contributed by atoms with Gasteiger partial charge >= 0.3 is 11.9 Å². The van der Waals surface area contributed by atoms with Crippen molar-refractivity contribution in [2.24, 2.45) is 7.05 Å². The fourth-order valence-corrected chi connectivity index (χ4v) is 4.39. The Hall–Kier alpha value is -3.76. The molecular formula is C23H20F4N6O. The van der Waals surface area contributed by atoms with Crippen LogP contribution in [0.4, 0.5) is 23.4 Å². The Kier molecular flexibility index (Phi) is 4.96. The number of aromatic nitrogens is 5. The number of anilines is 1. The lowest BCUT2D eigenvalue weighted by Crippen LogP contribution is -2.33. The van der Waals surface area contributed by atoms with Gasteiger partial charge in [-0.15, -0.1) is 5.10 Å². The van der Waals surface area contributed by atoms with Gasteiger partial charge in [-0.2, -0.15) is 18.2 Å². The van der Waals surface area contributed by atoms with Crippen molar-refractivity contribution in [1.29, 1.82) is 0 Å². The molecule has 5 rings (SSSR count).